The molecule has 0 aromatic heterocycles. The van der Waals surface area contributed by atoms with E-state index in [9.17, 15) is 13.2 Å². The molecule has 2 nitrogen and oxygen atoms in total. The lowest BCUT2D eigenvalue weighted by atomic mass is 9.80. The summed E-state index contributed by atoms with van der Waals surface area (Å²) in [5.41, 5.74) is -0.0921. The summed E-state index contributed by atoms with van der Waals surface area (Å²) in [6.07, 6.45) is -0.493. The molecule has 0 heterocycles. The molecule has 1 N–H and O–H groups in total. The summed E-state index contributed by atoms with van der Waals surface area (Å²) in [7, 11) is 0. The van der Waals surface area contributed by atoms with Gasteiger partial charge in [0, 0.05) is 24.7 Å². The van der Waals surface area contributed by atoms with Gasteiger partial charge in [-0.2, -0.15) is 13.2 Å². The van der Waals surface area contributed by atoms with Crippen molar-refractivity contribution in [3.63, 3.8) is 0 Å². The maximum Gasteiger partial charge on any atom is 0.401 e. The third kappa shape index (κ3) is 7.00. The third-order valence-electron chi connectivity index (χ3n) is 4.48. The molecule has 0 bridgehead atoms. The highest BCUT2D eigenvalue weighted by Gasteiger charge is 2.41. The van der Waals surface area contributed by atoms with Crippen molar-refractivity contribution in [1.29, 1.82) is 0 Å². The van der Waals surface area contributed by atoms with Crippen LogP contribution in [0.4, 0.5) is 13.2 Å². The third-order valence-corrected chi connectivity index (χ3v) is 4.48. The molecule has 0 aromatic rings. The van der Waals surface area contributed by atoms with E-state index < -0.39 is 12.7 Å². The van der Waals surface area contributed by atoms with E-state index in [4.69, 9.17) is 0 Å². The van der Waals surface area contributed by atoms with E-state index in [0.29, 0.717) is 6.54 Å². The van der Waals surface area contributed by atoms with E-state index in [2.05, 4.69) is 39.9 Å². The monoisotopic (exact) mass is 308 g/mol. The molecule has 1 saturated carbocycles. The molecule has 0 aliphatic heterocycles. The predicted molar refractivity (Wildman–Crippen MR) is 81.4 cm³/mol. The summed E-state index contributed by atoms with van der Waals surface area (Å²) < 4.78 is 38.4. The van der Waals surface area contributed by atoms with E-state index in [1.807, 2.05) is 0 Å². The number of alkyl halides is 3. The van der Waals surface area contributed by atoms with Gasteiger partial charge in [-0.1, -0.05) is 13.8 Å². The lowest BCUT2D eigenvalue weighted by Gasteiger charge is -2.40. The first kappa shape index (κ1) is 18.8. The molecule has 0 saturated heterocycles. The van der Waals surface area contributed by atoms with E-state index >= 15 is 0 Å². The second-order valence-electron chi connectivity index (χ2n) is 7.56. The van der Waals surface area contributed by atoms with Crippen molar-refractivity contribution < 1.29 is 13.2 Å². The van der Waals surface area contributed by atoms with Gasteiger partial charge in [0.25, 0.3) is 0 Å². The van der Waals surface area contributed by atoms with Gasteiger partial charge in [0.1, 0.15) is 0 Å². The predicted octanol–water partition coefficient (Wildman–Crippen LogP) is 4.21. The van der Waals surface area contributed by atoms with Crippen molar-refractivity contribution in [1.82, 2.24) is 10.2 Å². The molecule has 1 aliphatic carbocycles. The zero-order valence-electron chi connectivity index (χ0n) is 14.1. The van der Waals surface area contributed by atoms with E-state index in [0.717, 1.165) is 32.2 Å². The molecule has 1 aliphatic rings. The van der Waals surface area contributed by atoms with Crippen molar-refractivity contribution >= 4 is 0 Å². The van der Waals surface area contributed by atoms with Gasteiger partial charge in [-0.15, -0.1) is 0 Å². The Kier molecular flexibility index (Phi) is 6.13. The summed E-state index contributed by atoms with van der Waals surface area (Å²) in [5.74, 6) is 0. The Morgan fingerprint density at radius 2 is 1.52 bits per heavy atom. The minimum absolute atomic E-state index is 0.00989. The van der Waals surface area contributed by atoms with E-state index in [1.54, 1.807) is 4.90 Å². The fourth-order valence-corrected chi connectivity index (χ4v) is 2.65. The van der Waals surface area contributed by atoms with Crippen LogP contribution < -0.4 is 5.32 Å². The fraction of sp³-hybridized carbons (Fsp3) is 1.00. The standard InChI is InChI=1S/C16H31F3N2/c1-6-15(7-2,10-20-14(3,4)5)11-21(13-8-9-13)12-16(17,18)19/h13,20H,6-12H2,1-5H3. The Hall–Kier alpha value is -0.290. The summed E-state index contributed by atoms with van der Waals surface area (Å²) in [6, 6.07) is 0.138. The Balaban J connectivity index is 2.73. The lowest BCUT2D eigenvalue weighted by Crippen LogP contribution is -2.50. The highest BCUT2D eigenvalue weighted by molar-refractivity contribution is 4.92. The Labute approximate surface area is 127 Å². The van der Waals surface area contributed by atoms with Gasteiger partial charge < -0.3 is 5.32 Å². The average Bonchev–Trinajstić information content (AvgIpc) is 3.15. The van der Waals surface area contributed by atoms with Crippen molar-refractivity contribution in [3.8, 4) is 0 Å². The fourth-order valence-electron chi connectivity index (χ4n) is 2.65. The van der Waals surface area contributed by atoms with Crippen molar-refractivity contribution in [2.45, 2.75) is 78.1 Å². The maximum absolute atomic E-state index is 12.8. The summed E-state index contributed by atoms with van der Waals surface area (Å²) in [5, 5.41) is 3.48. The van der Waals surface area contributed by atoms with Crippen LogP contribution in [0.2, 0.25) is 0 Å². The highest BCUT2D eigenvalue weighted by atomic mass is 19.4. The van der Waals surface area contributed by atoms with Crippen LogP contribution in [0, 0.1) is 5.41 Å². The topological polar surface area (TPSA) is 15.3 Å². The molecule has 0 unspecified atom stereocenters. The zero-order chi connectivity index (χ0) is 16.3. The van der Waals surface area contributed by atoms with Crippen LogP contribution in [0.1, 0.15) is 60.3 Å². The van der Waals surface area contributed by atoms with Gasteiger partial charge in [0.05, 0.1) is 6.54 Å². The van der Waals surface area contributed by atoms with Crippen LogP contribution in [0.3, 0.4) is 0 Å². The molecule has 0 spiro atoms. The minimum Gasteiger partial charge on any atom is -0.311 e. The van der Waals surface area contributed by atoms with E-state index in [1.165, 1.54) is 0 Å². The molecular formula is C16H31F3N2. The smallest absolute Gasteiger partial charge is 0.311 e. The largest absolute Gasteiger partial charge is 0.401 e. The molecule has 126 valence electrons. The number of hydrogen-bond acceptors (Lipinski definition) is 2. The van der Waals surface area contributed by atoms with Gasteiger partial charge in [-0.05, 0) is 51.9 Å². The van der Waals surface area contributed by atoms with Crippen LogP contribution in [-0.4, -0.2) is 42.3 Å². The first-order valence-corrected chi connectivity index (χ1v) is 8.06. The van der Waals surface area contributed by atoms with Gasteiger partial charge in [-0.3, -0.25) is 4.90 Å². The quantitative estimate of drug-likeness (QED) is 0.722. The van der Waals surface area contributed by atoms with Crippen LogP contribution in [0.15, 0.2) is 0 Å². The first-order chi connectivity index (χ1) is 9.50. The van der Waals surface area contributed by atoms with Crippen LogP contribution in [0.25, 0.3) is 0 Å². The number of halogens is 3. The molecule has 1 rings (SSSR count). The second kappa shape index (κ2) is 6.86. The number of hydrogen-bond donors (Lipinski definition) is 1. The molecule has 5 heteroatoms. The zero-order valence-corrected chi connectivity index (χ0v) is 14.1. The summed E-state index contributed by atoms with van der Waals surface area (Å²) in [4.78, 5) is 1.66. The van der Waals surface area contributed by atoms with Gasteiger partial charge in [-0.25, -0.2) is 0 Å². The number of rotatable bonds is 8. The minimum atomic E-state index is -4.10. The van der Waals surface area contributed by atoms with Crippen LogP contribution >= 0.6 is 0 Å². The van der Waals surface area contributed by atoms with Crippen molar-refractivity contribution in [2.75, 3.05) is 19.6 Å². The molecule has 0 aromatic carbocycles. The number of nitrogens with zero attached hydrogens (tertiary/aromatic N) is 1. The van der Waals surface area contributed by atoms with Gasteiger partial charge in [0.15, 0.2) is 0 Å². The summed E-state index contributed by atoms with van der Waals surface area (Å²) >= 11 is 0. The molecular weight excluding hydrogens is 277 g/mol. The van der Waals surface area contributed by atoms with Crippen molar-refractivity contribution in [2.24, 2.45) is 5.41 Å². The second-order valence-corrected chi connectivity index (χ2v) is 7.56. The lowest BCUT2D eigenvalue weighted by molar-refractivity contribution is -0.150. The molecule has 0 amide bonds. The summed E-state index contributed by atoms with van der Waals surface area (Å²) in [6.45, 7) is 11.0. The molecule has 0 atom stereocenters. The number of nitrogens with one attached hydrogen (secondary N) is 1. The maximum atomic E-state index is 12.8. The Morgan fingerprint density at radius 1 is 1.00 bits per heavy atom. The van der Waals surface area contributed by atoms with Crippen LogP contribution in [-0.2, 0) is 0 Å². The van der Waals surface area contributed by atoms with E-state index in [-0.39, 0.29) is 17.0 Å². The van der Waals surface area contributed by atoms with Crippen LogP contribution in [0.5, 0.6) is 0 Å². The highest BCUT2D eigenvalue weighted by Crippen LogP contribution is 2.35. The Bertz CT molecular complexity index is 312. The van der Waals surface area contributed by atoms with Gasteiger partial charge >= 0.3 is 6.18 Å². The molecule has 21 heavy (non-hydrogen) atoms. The average molecular weight is 308 g/mol. The van der Waals surface area contributed by atoms with Gasteiger partial charge in [0.2, 0.25) is 0 Å². The molecule has 1 fully saturated rings. The first-order valence-electron chi connectivity index (χ1n) is 8.06. The SMILES string of the molecule is CCC(CC)(CNC(C)(C)C)CN(CC(F)(F)F)C1CC1. The Morgan fingerprint density at radius 3 is 1.86 bits per heavy atom. The molecule has 0 radical (unpaired) electrons. The van der Waals surface area contributed by atoms with Crippen molar-refractivity contribution in [3.05, 3.63) is 0 Å². The normalized spacial score (nSPS) is 17.6.